The smallest absolute Gasteiger partial charge is 0.472 e. The molecule has 0 aliphatic carbocycles. The Kier molecular flexibility index (Phi) is 33.4. The molecule has 0 radical (unpaired) electrons. The van der Waals surface area contributed by atoms with Gasteiger partial charge in [-0.3, -0.25) is 18.6 Å². The highest BCUT2D eigenvalue weighted by Crippen LogP contribution is 2.43. The van der Waals surface area contributed by atoms with Gasteiger partial charge in [0.1, 0.15) is 12.1 Å². The Bertz CT molecular complexity index is 925. The van der Waals surface area contributed by atoms with Crippen molar-refractivity contribution >= 4 is 19.8 Å². The summed E-state index contributed by atoms with van der Waals surface area (Å²) in [6.07, 6.45) is 36.2. The molecule has 0 rings (SSSR count). The summed E-state index contributed by atoms with van der Waals surface area (Å²) in [5, 5.41) is 8.86. The predicted octanol–water partition coefficient (Wildman–Crippen LogP) is 9.75. The summed E-state index contributed by atoms with van der Waals surface area (Å²) < 4.78 is 33.2. The van der Waals surface area contributed by atoms with Crippen LogP contribution in [0.25, 0.3) is 0 Å². The molecule has 3 unspecified atom stereocenters. The summed E-state index contributed by atoms with van der Waals surface area (Å²) in [7, 11) is -4.61. The molecule has 3 atom stereocenters. The van der Waals surface area contributed by atoms with E-state index in [0.717, 1.165) is 70.6 Å². The molecule has 0 aromatic carbocycles. The Morgan fingerprint density at radius 2 is 1.14 bits per heavy atom. The van der Waals surface area contributed by atoms with Crippen molar-refractivity contribution in [2.75, 3.05) is 26.4 Å². The van der Waals surface area contributed by atoms with Crippen LogP contribution in [0.3, 0.4) is 0 Å². The molecular formula is C38H70NO9P. The molecular weight excluding hydrogens is 645 g/mol. The van der Waals surface area contributed by atoms with Gasteiger partial charge in [-0.05, 0) is 64.2 Å². The van der Waals surface area contributed by atoms with Crippen LogP contribution in [0.4, 0.5) is 0 Å². The topological polar surface area (TPSA) is 155 Å². The fraction of sp³-hybridized carbons (Fsp3) is 0.789. The lowest BCUT2D eigenvalue weighted by Gasteiger charge is -2.20. The fourth-order valence-corrected chi connectivity index (χ4v) is 5.63. The number of ether oxygens (including phenoxy) is 2. The minimum atomic E-state index is -4.61. The minimum absolute atomic E-state index is 0.00637. The van der Waals surface area contributed by atoms with Crippen LogP contribution in [0.15, 0.2) is 36.5 Å². The Hall–Kier alpha value is -1.81. The average Bonchev–Trinajstić information content (AvgIpc) is 3.07. The van der Waals surface area contributed by atoms with E-state index < -0.39 is 45.1 Å². The van der Waals surface area contributed by atoms with Crippen molar-refractivity contribution in [1.29, 1.82) is 0 Å². The lowest BCUT2D eigenvalue weighted by atomic mass is 10.1. The minimum Gasteiger partial charge on any atom is -0.480 e. The van der Waals surface area contributed by atoms with Crippen molar-refractivity contribution in [3.63, 3.8) is 0 Å². The number of hydrogen-bond acceptors (Lipinski definition) is 8. The zero-order valence-corrected chi connectivity index (χ0v) is 31.7. The number of carbonyl (C=O) groups is 2. The van der Waals surface area contributed by atoms with Crippen LogP contribution in [0.2, 0.25) is 0 Å². The van der Waals surface area contributed by atoms with E-state index in [0.29, 0.717) is 13.0 Å². The Morgan fingerprint density at radius 3 is 1.73 bits per heavy atom. The number of rotatable bonds is 36. The van der Waals surface area contributed by atoms with E-state index in [2.05, 4.69) is 54.8 Å². The number of carboxylic acids is 1. The number of aliphatic carboxylic acids is 1. The molecule has 0 saturated carbocycles. The van der Waals surface area contributed by atoms with Gasteiger partial charge < -0.3 is 25.2 Å². The summed E-state index contributed by atoms with van der Waals surface area (Å²) >= 11 is 0. The molecule has 0 heterocycles. The highest BCUT2D eigenvalue weighted by molar-refractivity contribution is 7.47. The lowest BCUT2D eigenvalue weighted by Crippen LogP contribution is -2.34. The van der Waals surface area contributed by atoms with Crippen LogP contribution in [-0.2, 0) is 32.7 Å². The standard InChI is InChI=1S/C38H70NO9P/c1-3-5-7-9-11-13-15-16-17-18-19-21-23-25-27-29-31-45-32-35(33-46-49(43,44)47-34-36(39)38(41)42)48-37(40)30-28-26-24-22-20-14-12-10-8-6-4-2/h10-13,16-17,35-36H,3-9,14-15,18-34,39H2,1-2H3,(H,41,42)(H,43,44)/b12-10-,13-11-,17-16-. The second-order valence-electron chi connectivity index (χ2n) is 12.7. The van der Waals surface area contributed by atoms with Crippen molar-refractivity contribution < 1.29 is 42.7 Å². The van der Waals surface area contributed by atoms with Crippen molar-refractivity contribution in [3.05, 3.63) is 36.5 Å². The largest absolute Gasteiger partial charge is 0.480 e. The van der Waals surface area contributed by atoms with Gasteiger partial charge in [-0.25, -0.2) is 4.57 Å². The molecule has 10 nitrogen and oxygen atoms in total. The van der Waals surface area contributed by atoms with Gasteiger partial charge in [-0.2, -0.15) is 0 Å². The van der Waals surface area contributed by atoms with Gasteiger partial charge >= 0.3 is 19.8 Å². The Balaban J connectivity index is 4.32. The van der Waals surface area contributed by atoms with Crippen LogP contribution in [-0.4, -0.2) is 60.5 Å². The van der Waals surface area contributed by atoms with Crippen LogP contribution in [0, 0.1) is 0 Å². The number of carboxylic acid groups (broad SMARTS) is 1. The first-order valence-corrected chi connectivity index (χ1v) is 20.5. The normalized spacial score (nSPS) is 14.5. The number of phosphoric ester groups is 1. The summed E-state index contributed by atoms with van der Waals surface area (Å²) in [4.78, 5) is 33.3. The van der Waals surface area contributed by atoms with E-state index in [-0.39, 0.29) is 13.0 Å². The second-order valence-corrected chi connectivity index (χ2v) is 14.1. The lowest BCUT2D eigenvalue weighted by molar-refractivity contribution is -0.154. The molecule has 0 spiro atoms. The van der Waals surface area contributed by atoms with Gasteiger partial charge in [-0.1, -0.05) is 121 Å². The second kappa shape index (κ2) is 34.6. The van der Waals surface area contributed by atoms with E-state index in [1.54, 1.807) is 0 Å². The van der Waals surface area contributed by atoms with Gasteiger partial charge in [0, 0.05) is 13.0 Å². The fourth-order valence-electron chi connectivity index (χ4n) is 4.85. The Morgan fingerprint density at radius 1 is 0.653 bits per heavy atom. The monoisotopic (exact) mass is 715 g/mol. The zero-order valence-electron chi connectivity index (χ0n) is 30.8. The van der Waals surface area contributed by atoms with Gasteiger partial charge in [-0.15, -0.1) is 0 Å². The number of unbranched alkanes of at least 4 members (excludes halogenated alkanes) is 16. The molecule has 0 aromatic heterocycles. The maximum Gasteiger partial charge on any atom is 0.472 e. The third kappa shape index (κ3) is 34.4. The van der Waals surface area contributed by atoms with Crippen molar-refractivity contribution in [2.24, 2.45) is 5.73 Å². The number of carbonyl (C=O) groups excluding carboxylic acids is 1. The molecule has 49 heavy (non-hydrogen) atoms. The van der Waals surface area contributed by atoms with Crippen LogP contribution in [0.5, 0.6) is 0 Å². The highest BCUT2D eigenvalue weighted by atomic mass is 31.2. The summed E-state index contributed by atoms with van der Waals surface area (Å²) in [6, 6.07) is -1.47. The Labute approximate surface area is 297 Å². The first-order valence-electron chi connectivity index (χ1n) is 19.0. The van der Waals surface area contributed by atoms with E-state index in [1.165, 1.54) is 57.8 Å². The third-order valence-electron chi connectivity index (χ3n) is 7.89. The molecule has 0 saturated heterocycles. The molecule has 0 aromatic rings. The maximum absolute atomic E-state index is 12.5. The summed E-state index contributed by atoms with van der Waals surface area (Å²) in [5.41, 5.74) is 5.33. The predicted molar refractivity (Wildman–Crippen MR) is 198 cm³/mol. The molecule has 0 bridgehead atoms. The van der Waals surface area contributed by atoms with Gasteiger partial charge in [0.2, 0.25) is 0 Å². The summed E-state index contributed by atoms with van der Waals surface area (Å²) in [5.74, 6) is -1.80. The van der Waals surface area contributed by atoms with E-state index in [9.17, 15) is 19.0 Å². The molecule has 0 amide bonds. The van der Waals surface area contributed by atoms with Gasteiger partial charge in [0.15, 0.2) is 0 Å². The SMILES string of the molecule is CCCC/C=C\CCCCCCCC(=O)OC(COCCCCCCCC/C=C\C/C=C\CCCCC)COP(=O)(O)OCC(N)C(=O)O. The third-order valence-corrected chi connectivity index (χ3v) is 8.84. The average molecular weight is 716 g/mol. The van der Waals surface area contributed by atoms with E-state index in [1.807, 2.05) is 0 Å². The molecule has 11 heteroatoms. The number of esters is 1. The number of hydrogen-bond donors (Lipinski definition) is 3. The number of allylic oxidation sites excluding steroid dienone is 6. The molecule has 0 aliphatic heterocycles. The number of phosphoric acid groups is 1. The van der Waals surface area contributed by atoms with Crippen LogP contribution >= 0.6 is 7.82 Å². The van der Waals surface area contributed by atoms with Crippen molar-refractivity contribution in [1.82, 2.24) is 0 Å². The van der Waals surface area contributed by atoms with E-state index in [4.69, 9.17) is 24.8 Å². The first kappa shape index (κ1) is 47.2. The molecule has 0 aliphatic rings. The van der Waals surface area contributed by atoms with Gasteiger partial charge in [0.25, 0.3) is 0 Å². The highest BCUT2D eigenvalue weighted by Gasteiger charge is 2.27. The molecule has 4 N–H and O–H groups in total. The maximum atomic E-state index is 12.5. The quantitative estimate of drug-likeness (QED) is 0.0247. The summed E-state index contributed by atoms with van der Waals surface area (Å²) in [6.45, 7) is 3.76. The van der Waals surface area contributed by atoms with Crippen LogP contribution < -0.4 is 5.73 Å². The van der Waals surface area contributed by atoms with Crippen molar-refractivity contribution in [2.45, 2.75) is 167 Å². The van der Waals surface area contributed by atoms with Crippen molar-refractivity contribution in [3.8, 4) is 0 Å². The molecule has 286 valence electrons. The number of nitrogens with two attached hydrogens (primary N) is 1. The zero-order chi connectivity index (χ0) is 36.3. The van der Waals surface area contributed by atoms with E-state index >= 15 is 0 Å². The van der Waals surface area contributed by atoms with Gasteiger partial charge in [0.05, 0.1) is 19.8 Å². The van der Waals surface area contributed by atoms with Crippen LogP contribution in [0.1, 0.15) is 155 Å². The first-order chi connectivity index (χ1) is 23.7. The molecule has 0 fully saturated rings.